The summed E-state index contributed by atoms with van der Waals surface area (Å²) in [6, 6.07) is 0. The summed E-state index contributed by atoms with van der Waals surface area (Å²) < 4.78 is 0. The average Bonchev–Trinajstić information content (AvgIpc) is 2.84. The summed E-state index contributed by atoms with van der Waals surface area (Å²) in [5.41, 5.74) is -0.0175. The number of hydrogen-bond acceptors (Lipinski definition) is 3. The maximum absolute atomic E-state index is 13.3. The Morgan fingerprint density at radius 1 is 1.08 bits per heavy atom. The molecular formula is C21H32O3. The lowest BCUT2D eigenvalue weighted by Crippen LogP contribution is -2.58. The van der Waals surface area contributed by atoms with Gasteiger partial charge in [-0.25, -0.2) is 0 Å². The fourth-order valence-corrected chi connectivity index (χ4v) is 7.72. The molecule has 4 saturated carbocycles. The Balaban J connectivity index is 1.68. The molecule has 0 radical (unpaired) electrons. The monoisotopic (exact) mass is 332 g/mol. The highest BCUT2D eigenvalue weighted by Crippen LogP contribution is 2.66. The third-order valence-electron chi connectivity index (χ3n) is 8.81. The molecule has 0 heterocycles. The predicted molar refractivity (Wildman–Crippen MR) is 92.3 cm³/mol. The fourth-order valence-electron chi connectivity index (χ4n) is 7.72. The minimum Gasteiger partial charge on any atom is -0.393 e. The van der Waals surface area contributed by atoms with E-state index in [1.54, 1.807) is 6.92 Å². The van der Waals surface area contributed by atoms with Crippen molar-refractivity contribution in [2.45, 2.75) is 78.2 Å². The Kier molecular flexibility index (Phi) is 3.77. The first-order chi connectivity index (χ1) is 11.3. The number of aliphatic hydroxyl groups excluding tert-OH is 1. The summed E-state index contributed by atoms with van der Waals surface area (Å²) in [6.07, 6.45) is 7.53. The van der Waals surface area contributed by atoms with Crippen LogP contribution in [0, 0.1) is 40.4 Å². The van der Waals surface area contributed by atoms with Gasteiger partial charge in [0, 0.05) is 18.3 Å². The number of hydrogen-bond donors (Lipinski definition) is 1. The van der Waals surface area contributed by atoms with E-state index >= 15 is 0 Å². The Morgan fingerprint density at radius 2 is 1.83 bits per heavy atom. The maximum Gasteiger partial charge on any atom is 0.137 e. The lowest BCUT2D eigenvalue weighted by Gasteiger charge is -2.59. The highest BCUT2D eigenvalue weighted by atomic mass is 16.3. The van der Waals surface area contributed by atoms with Gasteiger partial charge in [0.05, 0.1) is 6.10 Å². The van der Waals surface area contributed by atoms with Crippen molar-refractivity contribution in [3.8, 4) is 0 Å². The van der Waals surface area contributed by atoms with Crippen LogP contribution in [0.5, 0.6) is 0 Å². The molecule has 4 rings (SSSR count). The Morgan fingerprint density at radius 3 is 2.54 bits per heavy atom. The molecule has 24 heavy (non-hydrogen) atoms. The molecule has 3 nitrogen and oxygen atoms in total. The molecule has 0 bridgehead atoms. The van der Waals surface area contributed by atoms with Crippen LogP contribution in [0.2, 0.25) is 0 Å². The van der Waals surface area contributed by atoms with Crippen LogP contribution < -0.4 is 0 Å². The highest BCUT2D eigenvalue weighted by Gasteiger charge is 2.63. The second-order valence-corrected chi connectivity index (χ2v) is 9.85. The van der Waals surface area contributed by atoms with Crippen LogP contribution in [0.15, 0.2) is 0 Å². The lowest BCUT2D eigenvalue weighted by atomic mass is 9.44. The largest absolute Gasteiger partial charge is 0.393 e. The summed E-state index contributed by atoms with van der Waals surface area (Å²) >= 11 is 0. The molecule has 0 aromatic carbocycles. The van der Waals surface area contributed by atoms with E-state index in [4.69, 9.17) is 0 Å². The van der Waals surface area contributed by atoms with Crippen LogP contribution >= 0.6 is 0 Å². The van der Waals surface area contributed by atoms with Gasteiger partial charge in [0.25, 0.3) is 0 Å². The van der Waals surface area contributed by atoms with Crippen molar-refractivity contribution in [1.82, 2.24) is 0 Å². The van der Waals surface area contributed by atoms with Crippen molar-refractivity contribution in [3.05, 3.63) is 0 Å². The second-order valence-electron chi connectivity index (χ2n) is 9.85. The molecule has 4 fully saturated rings. The van der Waals surface area contributed by atoms with Gasteiger partial charge in [0.1, 0.15) is 11.6 Å². The zero-order valence-corrected chi connectivity index (χ0v) is 15.4. The van der Waals surface area contributed by atoms with Crippen LogP contribution in [0.3, 0.4) is 0 Å². The van der Waals surface area contributed by atoms with E-state index in [-0.39, 0.29) is 34.6 Å². The maximum atomic E-state index is 13.3. The first-order valence-electron chi connectivity index (χ1n) is 9.98. The van der Waals surface area contributed by atoms with E-state index in [1.807, 2.05) is 0 Å². The van der Waals surface area contributed by atoms with E-state index < -0.39 is 0 Å². The van der Waals surface area contributed by atoms with Crippen LogP contribution in [0.1, 0.15) is 72.1 Å². The van der Waals surface area contributed by atoms with E-state index in [1.165, 1.54) is 0 Å². The van der Waals surface area contributed by atoms with Gasteiger partial charge in [0.15, 0.2) is 0 Å². The number of carbonyl (C=O) groups excluding carboxylic acids is 2. The third kappa shape index (κ3) is 2.12. The number of fused-ring (bicyclic) bond motifs is 5. The Hall–Kier alpha value is -0.700. The van der Waals surface area contributed by atoms with Crippen molar-refractivity contribution >= 4 is 11.6 Å². The van der Waals surface area contributed by atoms with Gasteiger partial charge in [0.2, 0.25) is 0 Å². The first kappa shape index (κ1) is 16.8. The molecule has 3 heteroatoms. The molecule has 0 aromatic rings. The van der Waals surface area contributed by atoms with Gasteiger partial charge in [-0.3, -0.25) is 9.59 Å². The molecular weight excluding hydrogens is 300 g/mol. The molecule has 0 aromatic heterocycles. The smallest absolute Gasteiger partial charge is 0.137 e. The average molecular weight is 332 g/mol. The van der Waals surface area contributed by atoms with E-state index in [2.05, 4.69) is 13.8 Å². The molecule has 0 aliphatic heterocycles. The van der Waals surface area contributed by atoms with Crippen molar-refractivity contribution in [2.24, 2.45) is 40.4 Å². The van der Waals surface area contributed by atoms with Gasteiger partial charge in [-0.2, -0.15) is 0 Å². The normalized spacial score (nSPS) is 53.9. The molecule has 0 saturated heterocycles. The Labute approximate surface area is 145 Å². The minimum atomic E-state index is -0.169. The van der Waals surface area contributed by atoms with Crippen molar-refractivity contribution in [3.63, 3.8) is 0 Å². The van der Waals surface area contributed by atoms with Crippen molar-refractivity contribution < 1.29 is 14.7 Å². The Bertz CT molecular complexity index is 569. The quantitative estimate of drug-likeness (QED) is 0.795. The van der Waals surface area contributed by atoms with E-state index in [0.717, 1.165) is 44.9 Å². The first-order valence-corrected chi connectivity index (χ1v) is 9.98. The van der Waals surface area contributed by atoms with Crippen LogP contribution in [0.4, 0.5) is 0 Å². The second kappa shape index (κ2) is 5.40. The van der Waals surface area contributed by atoms with Gasteiger partial charge in [-0.15, -0.1) is 0 Å². The summed E-state index contributed by atoms with van der Waals surface area (Å²) in [7, 11) is 0. The number of ketones is 2. The number of aliphatic hydroxyl groups is 1. The van der Waals surface area contributed by atoms with Crippen molar-refractivity contribution in [1.29, 1.82) is 0 Å². The standard InChI is InChI=1S/C21H32O3/c1-12(22)16-6-7-17-15-5-4-13-10-14(23)8-9-20(13,2)19(15)18(24)11-21(16,17)3/h13-17,19,23H,4-11H2,1-3H3/t13-,14+,15-,16+,17+,19+,20-,21+/m0/s1. The van der Waals surface area contributed by atoms with Gasteiger partial charge in [-0.05, 0) is 80.5 Å². The van der Waals surface area contributed by atoms with Crippen molar-refractivity contribution in [2.75, 3.05) is 0 Å². The summed E-state index contributed by atoms with van der Waals surface area (Å²) in [5, 5.41) is 10.1. The number of rotatable bonds is 1. The lowest BCUT2D eigenvalue weighted by molar-refractivity contribution is -0.162. The molecule has 4 aliphatic rings. The molecule has 134 valence electrons. The molecule has 8 atom stereocenters. The minimum absolute atomic E-state index is 0.0782. The molecule has 1 N–H and O–H groups in total. The number of Topliss-reactive ketones (excluding diaryl/α,β-unsaturated/α-hetero) is 2. The third-order valence-corrected chi connectivity index (χ3v) is 8.81. The zero-order chi connectivity index (χ0) is 17.3. The number of carbonyl (C=O) groups is 2. The van der Waals surface area contributed by atoms with Gasteiger partial charge < -0.3 is 5.11 Å². The highest BCUT2D eigenvalue weighted by molar-refractivity contribution is 5.87. The fraction of sp³-hybridized carbons (Fsp3) is 0.905. The van der Waals surface area contributed by atoms with Crippen LogP contribution in [0.25, 0.3) is 0 Å². The summed E-state index contributed by atoms with van der Waals surface area (Å²) in [6.45, 7) is 6.28. The van der Waals surface area contributed by atoms with Gasteiger partial charge in [-0.1, -0.05) is 13.8 Å². The van der Waals surface area contributed by atoms with Crippen LogP contribution in [-0.2, 0) is 9.59 Å². The molecule has 4 aliphatic carbocycles. The molecule has 0 unspecified atom stereocenters. The molecule has 0 spiro atoms. The summed E-state index contributed by atoms with van der Waals surface area (Å²) in [4.78, 5) is 25.5. The van der Waals surface area contributed by atoms with Gasteiger partial charge >= 0.3 is 0 Å². The van der Waals surface area contributed by atoms with E-state index in [0.29, 0.717) is 30.0 Å². The van der Waals surface area contributed by atoms with E-state index in [9.17, 15) is 14.7 Å². The summed E-state index contributed by atoms with van der Waals surface area (Å²) in [5.74, 6) is 2.48. The predicted octanol–water partition coefficient (Wildman–Crippen LogP) is 3.77. The zero-order valence-electron chi connectivity index (χ0n) is 15.4. The molecule has 0 amide bonds. The van der Waals surface area contributed by atoms with Crippen LogP contribution in [-0.4, -0.2) is 22.8 Å². The SMILES string of the molecule is CC(=O)[C@H]1CC[C@@H]2[C@@H]3CC[C@H]4C[C@H](O)CC[C@]4(C)[C@H]3C(=O)C[C@]12C. The topological polar surface area (TPSA) is 54.4 Å².